The summed E-state index contributed by atoms with van der Waals surface area (Å²) in [6.45, 7) is 0.483. The number of ether oxygens (including phenoxy) is 4. The molecule has 3 fully saturated rings. The quantitative estimate of drug-likeness (QED) is 0.740. The normalized spacial score (nSPS) is 41.4. The summed E-state index contributed by atoms with van der Waals surface area (Å²) in [5, 5.41) is 9.54. The van der Waals surface area contributed by atoms with Crippen molar-refractivity contribution < 1.29 is 42.4 Å². The molecule has 0 bridgehead atoms. The van der Waals surface area contributed by atoms with Gasteiger partial charge in [0.2, 0.25) is 6.29 Å². The lowest BCUT2D eigenvalue weighted by Crippen LogP contribution is -2.42. The fourth-order valence-corrected chi connectivity index (χ4v) is 2.92. The lowest BCUT2D eigenvalue weighted by Gasteiger charge is -2.36. The van der Waals surface area contributed by atoms with E-state index >= 15 is 0 Å². The molecule has 2 aliphatic heterocycles. The number of hydrogen-bond acceptors (Lipinski definition) is 7. The molecule has 0 aromatic heterocycles. The molecule has 3 aliphatic rings. The van der Waals surface area contributed by atoms with Crippen molar-refractivity contribution in [1.82, 2.24) is 0 Å². The molecule has 22 heavy (non-hydrogen) atoms. The molecule has 0 aromatic rings. The zero-order chi connectivity index (χ0) is 16.1. The Labute approximate surface area is 124 Å². The maximum absolute atomic E-state index is 12.8. The van der Waals surface area contributed by atoms with Crippen molar-refractivity contribution in [1.29, 1.82) is 0 Å². The average Bonchev–Trinajstić information content (AvgIpc) is 2.91. The third-order valence-electron chi connectivity index (χ3n) is 4.07. The molecular weight excluding hydrogens is 306 g/mol. The Bertz CT molecular complexity index is 481. The minimum Gasteiger partial charge on any atom is -0.458 e. The van der Waals surface area contributed by atoms with E-state index in [9.17, 15) is 23.5 Å². The van der Waals surface area contributed by atoms with Crippen LogP contribution in [0.5, 0.6) is 0 Å². The zero-order valence-corrected chi connectivity index (χ0v) is 11.8. The maximum Gasteiger partial charge on any atom is 0.376 e. The Hall–Kier alpha value is -1.32. The summed E-state index contributed by atoms with van der Waals surface area (Å²) >= 11 is 0. The standard InChI is InChI=1S/C13H16F2O7/c1-12(14,15)11(18)19-6-2-4-13(5-3-6)21-7-8(22-13)10(17)20-9(7)16/h6-9,16H,2-5H2,1H3. The van der Waals surface area contributed by atoms with Crippen LogP contribution in [0.2, 0.25) is 0 Å². The van der Waals surface area contributed by atoms with Crippen LogP contribution in [-0.2, 0) is 28.5 Å². The Morgan fingerprint density at radius 1 is 1.36 bits per heavy atom. The number of rotatable bonds is 2. The second-order valence-electron chi connectivity index (χ2n) is 5.85. The monoisotopic (exact) mass is 322 g/mol. The SMILES string of the molecule is CC(F)(F)C(=O)OC1CCC2(CC1)OC1C(=O)OC(O)C1O2. The van der Waals surface area contributed by atoms with Gasteiger partial charge in [-0.2, -0.15) is 8.78 Å². The van der Waals surface area contributed by atoms with Crippen molar-refractivity contribution >= 4 is 11.9 Å². The molecule has 2 heterocycles. The van der Waals surface area contributed by atoms with Crippen LogP contribution in [0.25, 0.3) is 0 Å². The summed E-state index contributed by atoms with van der Waals surface area (Å²) in [5.74, 6) is -6.83. The summed E-state index contributed by atoms with van der Waals surface area (Å²) in [5.41, 5.74) is 0. The van der Waals surface area contributed by atoms with Gasteiger partial charge in [-0.3, -0.25) is 0 Å². The van der Waals surface area contributed by atoms with E-state index in [1.807, 2.05) is 0 Å². The summed E-state index contributed by atoms with van der Waals surface area (Å²) in [7, 11) is 0. The molecule has 3 atom stereocenters. The van der Waals surface area contributed by atoms with Crippen LogP contribution in [0.4, 0.5) is 8.78 Å². The van der Waals surface area contributed by atoms with Crippen molar-refractivity contribution in [3.63, 3.8) is 0 Å². The second-order valence-corrected chi connectivity index (χ2v) is 5.85. The van der Waals surface area contributed by atoms with Gasteiger partial charge in [0.15, 0.2) is 18.0 Å². The molecule has 0 aromatic carbocycles. The lowest BCUT2D eigenvalue weighted by atomic mass is 9.91. The van der Waals surface area contributed by atoms with Crippen LogP contribution in [0.3, 0.4) is 0 Å². The van der Waals surface area contributed by atoms with Gasteiger partial charge in [0.25, 0.3) is 0 Å². The minimum absolute atomic E-state index is 0.270. The predicted molar refractivity (Wildman–Crippen MR) is 63.5 cm³/mol. The van der Waals surface area contributed by atoms with E-state index in [1.54, 1.807) is 0 Å². The molecule has 124 valence electrons. The average molecular weight is 322 g/mol. The number of aliphatic hydroxyl groups is 1. The van der Waals surface area contributed by atoms with E-state index in [-0.39, 0.29) is 25.7 Å². The van der Waals surface area contributed by atoms with Crippen molar-refractivity contribution in [2.24, 2.45) is 0 Å². The van der Waals surface area contributed by atoms with E-state index < -0.39 is 48.3 Å². The van der Waals surface area contributed by atoms with Crippen molar-refractivity contribution in [2.45, 2.75) is 68.9 Å². The number of halogens is 2. The largest absolute Gasteiger partial charge is 0.458 e. The summed E-state index contributed by atoms with van der Waals surface area (Å²) < 4.78 is 46.1. The smallest absolute Gasteiger partial charge is 0.376 e. The third kappa shape index (κ3) is 2.68. The zero-order valence-electron chi connectivity index (χ0n) is 11.8. The fraction of sp³-hybridized carbons (Fsp3) is 0.846. The number of esters is 2. The molecule has 1 aliphatic carbocycles. The molecule has 3 rings (SSSR count). The highest BCUT2D eigenvalue weighted by Crippen LogP contribution is 2.44. The number of aliphatic hydroxyl groups excluding tert-OH is 1. The number of cyclic esters (lactones) is 1. The number of carbonyl (C=O) groups is 2. The number of carbonyl (C=O) groups excluding carboxylic acids is 2. The van der Waals surface area contributed by atoms with E-state index in [4.69, 9.17) is 14.2 Å². The van der Waals surface area contributed by atoms with E-state index in [2.05, 4.69) is 4.74 Å². The van der Waals surface area contributed by atoms with Gasteiger partial charge in [0.1, 0.15) is 6.10 Å². The van der Waals surface area contributed by atoms with E-state index in [0.717, 1.165) is 0 Å². The Kier molecular flexibility index (Phi) is 3.61. The first-order valence-corrected chi connectivity index (χ1v) is 7.03. The Balaban J connectivity index is 1.57. The van der Waals surface area contributed by atoms with E-state index in [0.29, 0.717) is 6.92 Å². The first-order valence-electron chi connectivity index (χ1n) is 7.03. The molecule has 0 amide bonds. The Morgan fingerprint density at radius 2 is 2.00 bits per heavy atom. The van der Waals surface area contributed by atoms with Gasteiger partial charge in [-0.25, -0.2) is 9.59 Å². The topological polar surface area (TPSA) is 91.3 Å². The summed E-state index contributed by atoms with van der Waals surface area (Å²) in [6.07, 6.45) is -2.79. The van der Waals surface area contributed by atoms with Crippen molar-refractivity contribution in [3.8, 4) is 0 Å². The van der Waals surface area contributed by atoms with Gasteiger partial charge in [-0.1, -0.05) is 0 Å². The molecule has 3 unspecified atom stereocenters. The van der Waals surface area contributed by atoms with Gasteiger partial charge >= 0.3 is 17.9 Å². The van der Waals surface area contributed by atoms with Gasteiger partial charge in [0.05, 0.1) is 0 Å². The van der Waals surface area contributed by atoms with Crippen LogP contribution < -0.4 is 0 Å². The molecule has 1 saturated carbocycles. The van der Waals surface area contributed by atoms with Gasteiger partial charge < -0.3 is 24.1 Å². The number of fused-ring (bicyclic) bond motifs is 1. The second kappa shape index (κ2) is 5.10. The highest BCUT2D eigenvalue weighted by molar-refractivity contribution is 5.78. The molecule has 0 radical (unpaired) electrons. The van der Waals surface area contributed by atoms with Crippen LogP contribution in [0, 0.1) is 0 Å². The summed E-state index contributed by atoms with van der Waals surface area (Å²) in [6, 6.07) is 0. The highest BCUT2D eigenvalue weighted by Gasteiger charge is 2.59. The van der Waals surface area contributed by atoms with Gasteiger partial charge in [0, 0.05) is 19.8 Å². The molecule has 7 nitrogen and oxygen atoms in total. The molecule has 1 N–H and O–H groups in total. The van der Waals surface area contributed by atoms with Gasteiger partial charge in [-0.05, 0) is 12.8 Å². The number of alkyl halides is 2. The van der Waals surface area contributed by atoms with Crippen LogP contribution in [-0.4, -0.2) is 53.4 Å². The maximum atomic E-state index is 12.8. The van der Waals surface area contributed by atoms with Crippen LogP contribution >= 0.6 is 0 Å². The van der Waals surface area contributed by atoms with Crippen LogP contribution in [0.1, 0.15) is 32.6 Å². The summed E-state index contributed by atoms with van der Waals surface area (Å²) in [4.78, 5) is 22.6. The molecule has 9 heteroatoms. The van der Waals surface area contributed by atoms with Crippen molar-refractivity contribution in [3.05, 3.63) is 0 Å². The highest BCUT2D eigenvalue weighted by atomic mass is 19.3. The fourth-order valence-electron chi connectivity index (χ4n) is 2.92. The molecule has 2 saturated heterocycles. The molecule has 1 spiro atoms. The Morgan fingerprint density at radius 3 is 2.55 bits per heavy atom. The van der Waals surface area contributed by atoms with Crippen LogP contribution in [0.15, 0.2) is 0 Å². The number of hydrogen-bond donors (Lipinski definition) is 1. The lowest BCUT2D eigenvalue weighted by molar-refractivity contribution is -0.241. The molecular formula is C13H16F2O7. The minimum atomic E-state index is -3.53. The predicted octanol–water partition coefficient (Wildman–Crippen LogP) is 0.483. The van der Waals surface area contributed by atoms with Crippen molar-refractivity contribution in [2.75, 3.05) is 0 Å². The van der Waals surface area contributed by atoms with Gasteiger partial charge in [-0.15, -0.1) is 0 Å². The first-order chi connectivity index (χ1) is 10.2. The third-order valence-corrected chi connectivity index (χ3v) is 4.07. The first kappa shape index (κ1) is 15.6. The van der Waals surface area contributed by atoms with E-state index in [1.165, 1.54) is 0 Å².